The molecule has 4 rings (SSSR count). The van der Waals surface area contributed by atoms with Gasteiger partial charge in [0.25, 0.3) is 0 Å². The van der Waals surface area contributed by atoms with Gasteiger partial charge in [-0.2, -0.15) is 0 Å². The smallest absolute Gasteiger partial charge is 0.229 e. The monoisotopic (exact) mass is 402 g/mol. The standard InChI is InChI=1S/C21H22O8/c1-27-15-8-13(28-21-20(26)19(25)18(24)16(9-22)29-21)7-11-3-2-10-6-12(23)4-5-14(10)17(11)15/h2-8,16,18-26H,9H2,1H3/t16-,18-,19+,20-,21-/m1/s1. The van der Waals surface area contributed by atoms with Gasteiger partial charge in [-0.15, -0.1) is 0 Å². The van der Waals surface area contributed by atoms with Crippen LogP contribution in [0.15, 0.2) is 42.5 Å². The number of rotatable bonds is 4. The van der Waals surface area contributed by atoms with Crippen molar-refractivity contribution in [2.75, 3.05) is 13.7 Å². The first kappa shape index (κ1) is 19.7. The van der Waals surface area contributed by atoms with Gasteiger partial charge in [0.1, 0.15) is 41.7 Å². The van der Waals surface area contributed by atoms with Crippen LogP contribution < -0.4 is 9.47 Å². The zero-order valence-corrected chi connectivity index (χ0v) is 15.6. The highest BCUT2D eigenvalue weighted by molar-refractivity contribution is 6.11. The van der Waals surface area contributed by atoms with Gasteiger partial charge in [-0.25, -0.2) is 0 Å². The van der Waals surface area contributed by atoms with Gasteiger partial charge >= 0.3 is 0 Å². The van der Waals surface area contributed by atoms with Crippen molar-refractivity contribution in [3.8, 4) is 17.2 Å². The fourth-order valence-electron chi connectivity index (χ4n) is 3.65. The van der Waals surface area contributed by atoms with E-state index >= 15 is 0 Å². The summed E-state index contributed by atoms with van der Waals surface area (Å²) in [4.78, 5) is 0. The molecule has 8 heteroatoms. The summed E-state index contributed by atoms with van der Waals surface area (Å²) in [5, 5.41) is 52.4. The molecule has 0 aromatic heterocycles. The summed E-state index contributed by atoms with van der Waals surface area (Å²) in [7, 11) is 1.52. The molecule has 1 heterocycles. The van der Waals surface area contributed by atoms with Crippen LogP contribution >= 0.6 is 0 Å². The largest absolute Gasteiger partial charge is 0.508 e. The first-order valence-corrected chi connectivity index (χ1v) is 9.13. The van der Waals surface area contributed by atoms with Crippen LogP contribution in [0.4, 0.5) is 0 Å². The minimum atomic E-state index is -1.52. The summed E-state index contributed by atoms with van der Waals surface area (Å²) in [6.45, 7) is -0.537. The summed E-state index contributed by atoms with van der Waals surface area (Å²) in [5.74, 6) is 0.994. The number of benzene rings is 3. The molecule has 1 aliphatic heterocycles. The van der Waals surface area contributed by atoms with Crippen molar-refractivity contribution in [1.82, 2.24) is 0 Å². The molecule has 0 bridgehead atoms. The molecular formula is C21H22O8. The number of fused-ring (bicyclic) bond motifs is 3. The second-order valence-electron chi connectivity index (χ2n) is 7.01. The van der Waals surface area contributed by atoms with E-state index in [1.165, 1.54) is 7.11 Å². The first-order chi connectivity index (χ1) is 13.9. The fraction of sp³-hybridized carbons (Fsp3) is 0.333. The normalized spacial score (nSPS) is 27.3. The highest BCUT2D eigenvalue weighted by atomic mass is 16.7. The highest BCUT2D eigenvalue weighted by Gasteiger charge is 2.44. The van der Waals surface area contributed by atoms with E-state index in [-0.39, 0.29) is 5.75 Å². The Hall–Kier alpha value is -2.62. The summed E-state index contributed by atoms with van der Waals surface area (Å²) >= 11 is 0. The lowest BCUT2D eigenvalue weighted by molar-refractivity contribution is -0.277. The third-order valence-corrected chi connectivity index (χ3v) is 5.17. The number of aliphatic hydroxyl groups excluding tert-OH is 4. The molecule has 0 amide bonds. The molecule has 1 aliphatic rings. The average Bonchev–Trinajstić information content (AvgIpc) is 2.73. The van der Waals surface area contributed by atoms with Crippen LogP contribution in [0.25, 0.3) is 21.5 Å². The van der Waals surface area contributed by atoms with Crippen LogP contribution in [-0.4, -0.2) is 70.0 Å². The van der Waals surface area contributed by atoms with Crippen molar-refractivity contribution in [3.05, 3.63) is 42.5 Å². The Bertz CT molecular complexity index is 1030. The van der Waals surface area contributed by atoms with E-state index in [1.807, 2.05) is 12.1 Å². The highest BCUT2D eigenvalue weighted by Crippen LogP contribution is 2.38. The Labute approximate surface area is 166 Å². The van der Waals surface area contributed by atoms with E-state index < -0.39 is 37.3 Å². The molecule has 0 spiro atoms. The number of phenols is 1. The second-order valence-corrected chi connectivity index (χ2v) is 7.01. The van der Waals surface area contributed by atoms with Crippen LogP contribution in [0.1, 0.15) is 0 Å². The quantitative estimate of drug-likeness (QED) is 0.407. The summed E-state index contributed by atoms with van der Waals surface area (Å²) in [6, 6.07) is 12.1. The lowest BCUT2D eigenvalue weighted by atomic mass is 9.99. The number of methoxy groups -OCH3 is 1. The predicted molar refractivity (Wildman–Crippen MR) is 104 cm³/mol. The van der Waals surface area contributed by atoms with Crippen molar-refractivity contribution >= 4 is 21.5 Å². The van der Waals surface area contributed by atoms with Gasteiger partial charge < -0.3 is 39.7 Å². The van der Waals surface area contributed by atoms with Crippen LogP contribution in [0.3, 0.4) is 0 Å². The maximum atomic E-state index is 10.2. The van der Waals surface area contributed by atoms with Crippen molar-refractivity contribution < 1.29 is 39.7 Å². The SMILES string of the molecule is COc1cc(O[C@@H]2O[C@H](CO)[C@@H](O)[C@H](O)[C@H]2O)cc2ccc3cc(O)ccc3c12. The summed E-state index contributed by atoms with van der Waals surface area (Å²) in [5.41, 5.74) is 0. The Morgan fingerprint density at radius 2 is 1.69 bits per heavy atom. The van der Waals surface area contributed by atoms with Gasteiger partial charge in [0.05, 0.1) is 13.7 Å². The molecule has 0 aliphatic carbocycles. The van der Waals surface area contributed by atoms with Gasteiger partial charge in [0.2, 0.25) is 6.29 Å². The number of phenolic OH excluding ortho intramolecular Hbond substituents is 1. The maximum absolute atomic E-state index is 10.2. The van der Waals surface area contributed by atoms with Gasteiger partial charge in [-0.3, -0.25) is 0 Å². The fourth-order valence-corrected chi connectivity index (χ4v) is 3.65. The Morgan fingerprint density at radius 1 is 0.931 bits per heavy atom. The second kappa shape index (κ2) is 7.66. The number of aliphatic hydroxyl groups is 4. The lowest BCUT2D eigenvalue weighted by Crippen LogP contribution is -2.60. The number of hydrogen-bond acceptors (Lipinski definition) is 8. The molecular weight excluding hydrogens is 380 g/mol. The van der Waals surface area contributed by atoms with E-state index in [1.54, 1.807) is 30.3 Å². The van der Waals surface area contributed by atoms with Crippen LogP contribution in [0, 0.1) is 0 Å². The van der Waals surface area contributed by atoms with E-state index in [0.29, 0.717) is 11.5 Å². The van der Waals surface area contributed by atoms with Gasteiger partial charge in [-0.05, 0) is 40.4 Å². The molecule has 29 heavy (non-hydrogen) atoms. The molecule has 3 aromatic rings. The molecule has 3 aromatic carbocycles. The topological polar surface area (TPSA) is 129 Å². The summed E-state index contributed by atoms with van der Waals surface area (Å²) < 4.78 is 16.7. The zero-order chi connectivity index (χ0) is 20.7. The van der Waals surface area contributed by atoms with Crippen LogP contribution in [-0.2, 0) is 4.74 Å². The molecule has 0 saturated carbocycles. The molecule has 154 valence electrons. The number of ether oxygens (including phenoxy) is 3. The molecule has 5 atom stereocenters. The van der Waals surface area contributed by atoms with Crippen molar-refractivity contribution in [2.45, 2.75) is 30.7 Å². The number of hydrogen-bond donors (Lipinski definition) is 5. The van der Waals surface area contributed by atoms with E-state index in [9.17, 15) is 25.5 Å². The molecule has 1 fully saturated rings. The molecule has 5 N–H and O–H groups in total. The van der Waals surface area contributed by atoms with E-state index in [0.717, 1.165) is 21.5 Å². The van der Waals surface area contributed by atoms with Gasteiger partial charge in [0, 0.05) is 11.5 Å². The lowest BCUT2D eigenvalue weighted by Gasteiger charge is -2.39. The Morgan fingerprint density at radius 3 is 2.41 bits per heavy atom. The van der Waals surface area contributed by atoms with Gasteiger partial charge in [0.15, 0.2) is 0 Å². The van der Waals surface area contributed by atoms with Crippen molar-refractivity contribution in [3.63, 3.8) is 0 Å². The third kappa shape index (κ3) is 3.45. The van der Waals surface area contributed by atoms with E-state index in [4.69, 9.17) is 14.2 Å². The number of aromatic hydroxyl groups is 1. The molecule has 0 unspecified atom stereocenters. The zero-order valence-electron chi connectivity index (χ0n) is 15.6. The Kier molecular flexibility index (Phi) is 5.20. The minimum absolute atomic E-state index is 0.165. The van der Waals surface area contributed by atoms with Crippen molar-refractivity contribution in [2.24, 2.45) is 0 Å². The maximum Gasteiger partial charge on any atom is 0.229 e. The van der Waals surface area contributed by atoms with Crippen molar-refractivity contribution in [1.29, 1.82) is 0 Å². The Balaban J connectivity index is 1.73. The summed E-state index contributed by atoms with van der Waals surface area (Å²) in [6.07, 6.45) is -6.83. The van der Waals surface area contributed by atoms with Crippen LogP contribution in [0.2, 0.25) is 0 Å². The van der Waals surface area contributed by atoms with Gasteiger partial charge in [-0.1, -0.05) is 12.1 Å². The average molecular weight is 402 g/mol. The molecule has 8 nitrogen and oxygen atoms in total. The predicted octanol–water partition coefficient (Wildman–Crippen LogP) is 0.886. The third-order valence-electron chi connectivity index (χ3n) is 5.17. The first-order valence-electron chi connectivity index (χ1n) is 9.13. The molecule has 0 radical (unpaired) electrons. The van der Waals surface area contributed by atoms with E-state index in [2.05, 4.69) is 0 Å². The van der Waals surface area contributed by atoms with Crippen LogP contribution in [0.5, 0.6) is 17.2 Å². The molecule has 1 saturated heterocycles. The minimum Gasteiger partial charge on any atom is -0.508 e.